The molecule has 3 N–H and O–H groups in total. The minimum Gasteiger partial charge on any atom is -0.389 e. The van der Waals surface area contributed by atoms with Crippen LogP contribution in [0.3, 0.4) is 0 Å². The van der Waals surface area contributed by atoms with Gasteiger partial charge in [0.25, 0.3) is 5.91 Å². The van der Waals surface area contributed by atoms with Crippen molar-refractivity contribution in [3.8, 4) is 0 Å². The second-order valence-corrected chi connectivity index (χ2v) is 5.42. The summed E-state index contributed by atoms with van der Waals surface area (Å²) in [4.78, 5) is 24.1. The van der Waals surface area contributed by atoms with Gasteiger partial charge in [0.1, 0.15) is 0 Å². The maximum absolute atomic E-state index is 11.9. The maximum atomic E-state index is 11.9. The second kappa shape index (κ2) is 7.01. The molecule has 0 radical (unpaired) electrons. The van der Waals surface area contributed by atoms with Crippen LogP contribution in [0.1, 0.15) is 28.3 Å². The number of aliphatic hydroxyl groups excluding tert-OH is 1. The minimum absolute atomic E-state index is 0.120. The lowest BCUT2D eigenvalue weighted by atomic mass is 10.1. The summed E-state index contributed by atoms with van der Waals surface area (Å²) in [7, 11) is 0. The van der Waals surface area contributed by atoms with E-state index in [1.807, 2.05) is 0 Å². The number of thiophene rings is 1. The summed E-state index contributed by atoms with van der Waals surface area (Å²) in [6.45, 7) is 1.51. The number of rotatable bonds is 5. The predicted octanol–water partition coefficient (Wildman–Crippen LogP) is 2.17. The van der Waals surface area contributed by atoms with Gasteiger partial charge in [-0.25, -0.2) is 0 Å². The Hall–Kier alpha value is -2.18. The molecule has 2 aromatic rings. The SMILES string of the molecule is CC(O)c1ccccc1NC(=O)CNC(=O)c1cccs1. The molecule has 2 amide bonds. The third-order valence-electron chi connectivity index (χ3n) is 2.84. The number of hydrogen-bond donors (Lipinski definition) is 3. The molecule has 0 saturated heterocycles. The van der Waals surface area contributed by atoms with E-state index in [1.54, 1.807) is 48.7 Å². The fourth-order valence-corrected chi connectivity index (χ4v) is 2.47. The molecule has 1 aromatic heterocycles. The van der Waals surface area contributed by atoms with Crippen LogP contribution >= 0.6 is 11.3 Å². The molecule has 1 unspecified atom stereocenters. The molecule has 1 atom stereocenters. The summed E-state index contributed by atoms with van der Waals surface area (Å²) >= 11 is 1.32. The molecule has 0 aliphatic rings. The number of carbonyl (C=O) groups is 2. The highest BCUT2D eigenvalue weighted by molar-refractivity contribution is 7.12. The Bertz CT molecular complexity index is 624. The number of nitrogens with one attached hydrogen (secondary N) is 2. The average molecular weight is 304 g/mol. The number of anilines is 1. The van der Waals surface area contributed by atoms with Gasteiger partial charge in [-0.05, 0) is 24.4 Å². The highest BCUT2D eigenvalue weighted by atomic mass is 32.1. The van der Waals surface area contributed by atoms with Crippen molar-refractivity contribution in [3.63, 3.8) is 0 Å². The van der Waals surface area contributed by atoms with E-state index in [0.29, 0.717) is 16.1 Å². The van der Waals surface area contributed by atoms with E-state index in [0.717, 1.165) is 0 Å². The highest BCUT2D eigenvalue weighted by Crippen LogP contribution is 2.21. The molecule has 0 spiro atoms. The number of carbonyl (C=O) groups excluding carboxylic acids is 2. The van der Waals surface area contributed by atoms with Crippen LogP contribution < -0.4 is 10.6 Å². The fourth-order valence-electron chi connectivity index (χ4n) is 1.82. The summed E-state index contributed by atoms with van der Waals surface area (Å²) in [6, 6.07) is 10.5. The lowest BCUT2D eigenvalue weighted by Crippen LogP contribution is -2.32. The molecule has 1 aromatic carbocycles. The Labute approximate surface area is 126 Å². The lowest BCUT2D eigenvalue weighted by Gasteiger charge is -2.13. The van der Waals surface area contributed by atoms with Crippen LogP contribution in [0.15, 0.2) is 41.8 Å². The molecule has 0 fully saturated rings. The normalized spacial score (nSPS) is 11.7. The van der Waals surface area contributed by atoms with E-state index in [1.165, 1.54) is 11.3 Å². The molecule has 0 aliphatic heterocycles. The van der Waals surface area contributed by atoms with Gasteiger partial charge in [-0.1, -0.05) is 24.3 Å². The zero-order valence-corrected chi connectivity index (χ0v) is 12.3. The van der Waals surface area contributed by atoms with Gasteiger partial charge < -0.3 is 15.7 Å². The molecule has 0 saturated carbocycles. The van der Waals surface area contributed by atoms with Gasteiger partial charge in [0.15, 0.2) is 0 Å². The van der Waals surface area contributed by atoms with Gasteiger partial charge in [-0.2, -0.15) is 0 Å². The van der Waals surface area contributed by atoms with E-state index >= 15 is 0 Å². The first kappa shape index (κ1) is 15.2. The van der Waals surface area contributed by atoms with E-state index in [4.69, 9.17) is 0 Å². The van der Waals surface area contributed by atoms with Crippen LogP contribution in [0.2, 0.25) is 0 Å². The minimum atomic E-state index is -0.679. The van der Waals surface area contributed by atoms with Crippen molar-refractivity contribution < 1.29 is 14.7 Å². The van der Waals surface area contributed by atoms with Gasteiger partial charge in [0.2, 0.25) is 5.91 Å². The zero-order valence-electron chi connectivity index (χ0n) is 11.5. The van der Waals surface area contributed by atoms with Gasteiger partial charge >= 0.3 is 0 Å². The molecule has 110 valence electrons. The lowest BCUT2D eigenvalue weighted by molar-refractivity contribution is -0.115. The zero-order chi connectivity index (χ0) is 15.2. The van der Waals surface area contributed by atoms with Gasteiger partial charge in [0.05, 0.1) is 17.5 Å². The third kappa shape index (κ3) is 4.14. The Balaban J connectivity index is 1.92. The predicted molar refractivity (Wildman–Crippen MR) is 82.4 cm³/mol. The van der Waals surface area contributed by atoms with Crippen molar-refractivity contribution in [3.05, 3.63) is 52.2 Å². The van der Waals surface area contributed by atoms with Crippen molar-refractivity contribution in [1.82, 2.24) is 5.32 Å². The quantitative estimate of drug-likeness (QED) is 0.792. The second-order valence-electron chi connectivity index (χ2n) is 4.47. The van der Waals surface area contributed by atoms with Gasteiger partial charge in [-0.3, -0.25) is 9.59 Å². The highest BCUT2D eigenvalue weighted by Gasteiger charge is 2.12. The average Bonchev–Trinajstić information content (AvgIpc) is 2.99. The fraction of sp³-hybridized carbons (Fsp3) is 0.200. The van der Waals surface area contributed by atoms with E-state index < -0.39 is 6.10 Å². The topological polar surface area (TPSA) is 78.4 Å². The molecule has 6 heteroatoms. The summed E-state index contributed by atoms with van der Waals surface area (Å²) in [5.41, 5.74) is 1.18. The summed E-state index contributed by atoms with van der Waals surface area (Å²) in [5.74, 6) is -0.614. The monoisotopic (exact) mass is 304 g/mol. The Morgan fingerprint density at radius 3 is 2.67 bits per heavy atom. The molecule has 5 nitrogen and oxygen atoms in total. The van der Waals surface area contributed by atoms with Crippen LogP contribution in [0.4, 0.5) is 5.69 Å². The van der Waals surface area contributed by atoms with E-state index in [2.05, 4.69) is 10.6 Å². The molecule has 0 bridgehead atoms. The van der Waals surface area contributed by atoms with E-state index in [9.17, 15) is 14.7 Å². The van der Waals surface area contributed by atoms with Crippen LogP contribution in [0.5, 0.6) is 0 Å². The number of aliphatic hydroxyl groups is 1. The third-order valence-corrected chi connectivity index (χ3v) is 3.71. The first-order valence-corrected chi connectivity index (χ1v) is 7.34. The Morgan fingerprint density at radius 2 is 2.00 bits per heavy atom. The molecular formula is C15H16N2O3S. The summed E-state index contributed by atoms with van der Waals surface area (Å²) in [6.07, 6.45) is -0.679. The standard InChI is InChI=1S/C15H16N2O3S/c1-10(18)11-5-2-3-6-12(11)17-14(19)9-16-15(20)13-7-4-8-21-13/h2-8,10,18H,9H2,1H3,(H,16,20)(H,17,19). The molecule has 1 heterocycles. The Morgan fingerprint density at radius 1 is 1.24 bits per heavy atom. The first-order valence-electron chi connectivity index (χ1n) is 6.46. The summed E-state index contributed by atoms with van der Waals surface area (Å²) in [5, 5.41) is 16.7. The van der Waals surface area contributed by atoms with Crippen molar-refractivity contribution in [1.29, 1.82) is 0 Å². The van der Waals surface area contributed by atoms with Crippen LogP contribution in [-0.4, -0.2) is 23.5 Å². The van der Waals surface area contributed by atoms with Crippen LogP contribution in [0.25, 0.3) is 0 Å². The molecular weight excluding hydrogens is 288 g/mol. The summed E-state index contributed by atoms with van der Waals surface area (Å²) < 4.78 is 0. The molecule has 0 aliphatic carbocycles. The maximum Gasteiger partial charge on any atom is 0.261 e. The number of para-hydroxylation sites is 1. The number of benzene rings is 1. The van der Waals surface area contributed by atoms with Crippen molar-refractivity contribution in [2.24, 2.45) is 0 Å². The van der Waals surface area contributed by atoms with Gasteiger partial charge in [0, 0.05) is 11.3 Å². The van der Waals surface area contributed by atoms with Crippen molar-refractivity contribution in [2.45, 2.75) is 13.0 Å². The molecule has 21 heavy (non-hydrogen) atoms. The van der Waals surface area contributed by atoms with Crippen LogP contribution in [0, 0.1) is 0 Å². The number of hydrogen-bond acceptors (Lipinski definition) is 4. The first-order chi connectivity index (χ1) is 10.1. The van der Waals surface area contributed by atoms with Crippen molar-refractivity contribution in [2.75, 3.05) is 11.9 Å². The van der Waals surface area contributed by atoms with Crippen LogP contribution in [-0.2, 0) is 4.79 Å². The number of amides is 2. The largest absolute Gasteiger partial charge is 0.389 e. The smallest absolute Gasteiger partial charge is 0.261 e. The van der Waals surface area contributed by atoms with E-state index in [-0.39, 0.29) is 18.4 Å². The van der Waals surface area contributed by atoms with Crippen molar-refractivity contribution >= 4 is 28.8 Å². The van der Waals surface area contributed by atoms with Gasteiger partial charge in [-0.15, -0.1) is 11.3 Å². The molecule has 2 rings (SSSR count). The Kier molecular flexibility index (Phi) is 5.08.